The first-order valence-electron chi connectivity index (χ1n) is 35.0. The second-order valence-corrected chi connectivity index (χ2v) is 14.0. The van der Waals surface area contributed by atoms with Gasteiger partial charge in [0.15, 0.2) is 5.58 Å². The van der Waals surface area contributed by atoms with E-state index in [0.29, 0.717) is 0 Å². The Balaban J connectivity index is 1.10. The number of para-hydroxylation sites is 4. The zero-order chi connectivity index (χ0) is 69.3. The lowest BCUT2D eigenvalue weighted by Crippen LogP contribution is -1.94. The first-order chi connectivity index (χ1) is 44.6. The van der Waals surface area contributed by atoms with Gasteiger partial charge in [0, 0.05) is 38.0 Å². The highest BCUT2D eigenvalue weighted by molar-refractivity contribution is 6.14. The summed E-state index contributed by atoms with van der Waals surface area (Å²) >= 11 is 0. The van der Waals surface area contributed by atoms with Crippen LogP contribution in [0.15, 0.2) is 234 Å². The number of furan rings is 1. The minimum atomic E-state index is -1.08. The normalized spacial score (nSPS) is 18.9. The molecule has 0 saturated heterocycles. The van der Waals surface area contributed by atoms with Crippen molar-refractivity contribution in [3.8, 4) is 55.9 Å². The second kappa shape index (κ2) is 14.1. The lowest BCUT2D eigenvalue weighted by molar-refractivity contribution is 0.666. The fourth-order valence-corrected chi connectivity index (χ4v) is 7.63. The molecule has 3 heterocycles. The van der Waals surface area contributed by atoms with Crippen molar-refractivity contribution in [3.63, 3.8) is 0 Å². The van der Waals surface area contributed by atoms with E-state index in [0.717, 1.165) is 10.6 Å². The molecule has 13 aromatic rings. The number of hydrogen-bond acceptors (Lipinski definition) is 1. The molecule has 0 atom stereocenters. The number of hydrogen-bond donors (Lipinski definition) is 0. The molecule has 294 valence electrons. The SMILES string of the molecule is [2H]c1cc(-n2c3c([2H])c([2H])c([2H])c([2H])c3c3c([2H])c(-c4c([2H])c([2H])c5c6c([2H])c([2H])c([2H])c([2H])c6n(-c6ccccc6)c5c4[2H])c([2H])c([2H])c32)c2oc3c([2H])c([2H])c(-c4c([2H])c([2H])c(-c5c([2H])c([2H])c([2H])c(-c6c([2H])c([2H])c([2H])c([2H])c6[2H])c5[2H])c([2H])c4[2H])c([2H])c3c2c1[2H]. The van der Waals surface area contributed by atoms with E-state index >= 15 is 0 Å². The quantitative estimate of drug-likeness (QED) is 0.164. The fourth-order valence-electron chi connectivity index (χ4n) is 7.63. The predicted octanol–water partition coefficient (Wildman–Crippen LogP) is 16.4. The summed E-state index contributed by atoms with van der Waals surface area (Å²) in [7, 11) is 0. The zero-order valence-corrected chi connectivity index (χ0v) is 31.8. The van der Waals surface area contributed by atoms with Crippen molar-refractivity contribution in [2.75, 3.05) is 0 Å². The van der Waals surface area contributed by atoms with Gasteiger partial charge in [0.05, 0.1) is 71.6 Å². The Labute approximate surface area is 408 Å². The van der Waals surface area contributed by atoms with Crippen LogP contribution < -0.4 is 0 Å². The van der Waals surface area contributed by atoms with Crippen LogP contribution in [0, 0.1) is 0 Å². The third-order valence-electron chi connectivity index (χ3n) is 10.4. The van der Waals surface area contributed by atoms with Gasteiger partial charge in [-0.05, 0) is 111 Å². The van der Waals surface area contributed by atoms with Crippen molar-refractivity contribution in [1.82, 2.24) is 9.13 Å². The molecule has 13 rings (SSSR count). The zero-order valence-electron chi connectivity index (χ0n) is 63.8. The lowest BCUT2D eigenvalue weighted by atomic mass is 9.96. The lowest BCUT2D eigenvalue weighted by Gasteiger charge is -2.10. The van der Waals surface area contributed by atoms with E-state index in [9.17, 15) is 24.7 Å². The van der Waals surface area contributed by atoms with E-state index in [4.69, 9.17) is 23.6 Å². The predicted molar refractivity (Wildman–Crippen MR) is 264 cm³/mol. The highest BCUT2D eigenvalue weighted by Gasteiger charge is 2.19. The maximum Gasteiger partial charge on any atom is 0.159 e. The topological polar surface area (TPSA) is 23.0 Å². The molecule has 0 aliphatic rings. The van der Waals surface area contributed by atoms with E-state index in [1.165, 1.54) is 4.57 Å². The van der Waals surface area contributed by atoms with Crippen molar-refractivity contribution in [2.45, 2.75) is 0 Å². The number of fused-ring (bicyclic) bond motifs is 9. The average molecular weight is 835 g/mol. The van der Waals surface area contributed by atoms with Gasteiger partial charge in [-0.25, -0.2) is 0 Å². The number of benzene rings is 10. The number of nitrogens with zero attached hydrogens (tertiary/aromatic N) is 2. The molecule has 3 heteroatoms. The van der Waals surface area contributed by atoms with Crippen LogP contribution in [0.2, 0.25) is 0 Å². The molecule has 0 saturated carbocycles. The van der Waals surface area contributed by atoms with Crippen molar-refractivity contribution in [1.29, 1.82) is 0 Å². The maximum atomic E-state index is 10.0. The van der Waals surface area contributed by atoms with Crippen LogP contribution in [0.25, 0.3) is 121 Å². The van der Waals surface area contributed by atoms with E-state index in [-0.39, 0.29) is 27.5 Å². The monoisotopic (exact) mass is 834 g/mol. The molecule has 0 amide bonds. The van der Waals surface area contributed by atoms with Gasteiger partial charge in [-0.2, -0.15) is 0 Å². The van der Waals surface area contributed by atoms with Gasteiger partial charge in [-0.1, -0.05) is 163 Å². The number of aromatic nitrogens is 2. The van der Waals surface area contributed by atoms with Crippen molar-refractivity contribution in [3.05, 3.63) is 230 Å². The summed E-state index contributed by atoms with van der Waals surface area (Å²) < 4.78 is 300. The van der Waals surface area contributed by atoms with Gasteiger partial charge in [-0.15, -0.1) is 0 Å². The van der Waals surface area contributed by atoms with Crippen molar-refractivity contribution in [2.24, 2.45) is 0 Å². The Kier molecular flexibility index (Phi) is 3.61. The molecule has 0 aliphatic carbocycles. The fraction of sp³-hybridized carbons (Fsp3) is 0. The standard InChI is InChI=1S/C60H38N2O/c1-3-13-39(14-4-1)42-15-11-16-43(35-42)40-25-27-41(28-26-40)44-31-34-59-53(37-44)51-21-12-24-57(60(51)63-59)62-55-23-10-8-20-49(55)52-36-45(30-33-56(52)62)46-29-32-50-48-19-7-9-22-54(48)61(58(50)38-46)47-17-5-2-6-18-47/h1-38H/i1D,3D,4D,7D,8D,9D,10D,11D,12D,13D,14D,15D,16D,19D,20D,21D,22D,23D,25D,26D,27D,28D,29D,30D,31D,32D,33D,34D,35D,36D,37D,38D. The summed E-state index contributed by atoms with van der Waals surface area (Å²) in [5, 5.41) is -2.63. The van der Waals surface area contributed by atoms with Crippen LogP contribution >= 0.6 is 0 Å². The molecule has 0 aliphatic heterocycles. The summed E-state index contributed by atoms with van der Waals surface area (Å²) in [6.07, 6.45) is 0. The molecule has 63 heavy (non-hydrogen) atoms. The summed E-state index contributed by atoms with van der Waals surface area (Å²) in [6, 6.07) is -19.0. The van der Waals surface area contributed by atoms with Crippen LogP contribution in [0.3, 0.4) is 0 Å². The Bertz CT molecular complexity index is 5750. The molecule has 10 aromatic carbocycles. The van der Waals surface area contributed by atoms with Gasteiger partial charge in [0.1, 0.15) is 5.58 Å². The first-order valence-corrected chi connectivity index (χ1v) is 19.0. The summed E-state index contributed by atoms with van der Waals surface area (Å²) in [4.78, 5) is 0. The van der Waals surface area contributed by atoms with E-state index < -0.39 is 287 Å². The van der Waals surface area contributed by atoms with Gasteiger partial charge in [0.25, 0.3) is 0 Å². The van der Waals surface area contributed by atoms with Crippen molar-refractivity contribution >= 4 is 65.6 Å². The van der Waals surface area contributed by atoms with Crippen molar-refractivity contribution < 1.29 is 48.3 Å². The van der Waals surface area contributed by atoms with Crippen LogP contribution in [0.5, 0.6) is 0 Å². The maximum absolute atomic E-state index is 10.0. The summed E-state index contributed by atoms with van der Waals surface area (Å²) in [5.74, 6) is 0. The molecule has 0 fully saturated rings. The highest BCUT2D eigenvalue weighted by Crippen LogP contribution is 2.41. The first kappa shape index (κ1) is 16.1. The third kappa shape index (κ3) is 5.67. The molecule has 3 aromatic heterocycles. The Morgan fingerprint density at radius 2 is 0.841 bits per heavy atom. The molecule has 3 nitrogen and oxygen atoms in total. The highest BCUT2D eigenvalue weighted by atomic mass is 16.3. The minimum Gasteiger partial charge on any atom is -0.454 e. The molecular weight excluding hydrogens is 765 g/mol. The Morgan fingerprint density at radius 3 is 1.62 bits per heavy atom. The third-order valence-corrected chi connectivity index (χ3v) is 10.4. The van der Waals surface area contributed by atoms with Crippen LogP contribution in [0.1, 0.15) is 43.9 Å². The molecule has 0 spiro atoms. The van der Waals surface area contributed by atoms with E-state index in [2.05, 4.69) is 0 Å². The van der Waals surface area contributed by atoms with Gasteiger partial charge >= 0.3 is 0 Å². The Morgan fingerprint density at radius 1 is 0.317 bits per heavy atom. The largest absolute Gasteiger partial charge is 0.454 e. The van der Waals surface area contributed by atoms with Crippen LogP contribution in [-0.4, -0.2) is 9.13 Å². The molecule has 0 radical (unpaired) electrons. The molecule has 0 N–H and O–H groups in total. The molecule has 0 unspecified atom stereocenters. The summed E-state index contributed by atoms with van der Waals surface area (Å²) in [5.41, 5.74) is -9.24. The van der Waals surface area contributed by atoms with Gasteiger partial charge in [-0.3, -0.25) is 0 Å². The molecule has 0 bridgehead atoms. The van der Waals surface area contributed by atoms with Crippen LogP contribution in [0.4, 0.5) is 0 Å². The summed E-state index contributed by atoms with van der Waals surface area (Å²) in [6.45, 7) is 0. The number of rotatable bonds is 6. The second-order valence-electron chi connectivity index (χ2n) is 14.0. The minimum absolute atomic E-state index is 0.181. The van der Waals surface area contributed by atoms with E-state index in [1.54, 1.807) is 30.3 Å². The molecular formula is C60H38N2O. The average Bonchev–Trinajstić information content (AvgIpc) is 1.57. The van der Waals surface area contributed by atoms with E-state index in [1.807, 2.05) is 0 Å². The van der Waals surface area contributed by atoms with Crippen LogP contribution in [-0.2, 0) is 0 Å². The van der Waals surface area contributed by atoms with Gasteiger partial charge in [0.2, 0.25) is 0 Å². The smallest absolute Gasteiger partial charge is 0.159 e. The Hall–Kier alpha value is -8.40. The van der Waals surface area contributed by atoms with Gasteiger partial charge < -0.3 is 13.6 Å².